The second kappa shape index (κ2) is 10.4. The van der Waals surface area contributed by atoms with Crippen molar-refractivity contribution in [1.29, 1.82) is 0 Å². The minimum Gasteiger partial charge on any atom is -0.382 e. The molecule has 2 aromatic rings. The Morgan fingerprint density at radius 3 is 2.28 bits per heavy atom. The highest BCUT2D eigenvalue weighted by Gasteiger charge is 2.27. The molecule has 0 heterocycles. The summed E-state index contributed by atoms with van der Waals surface area (Å²) in [6.07, 6.45) is 1.55. The van der Waals surface area contributed by atoms with Gasteiger partial charge in [-0.1, -0.05) is 56.3 Å². The molecule has 2 aromatic carbocycles. The van der Waals surface area contributed by atoms with Crippen LogP contribution < -0.4 is 4.18 Å². The van der Waals surface area contributed by atoms with E-state index in [1.54, 1.807) is 18.2 Å². The van der Waals surface area contributed by atoms with Gasteiger partial charge in [0.1, 0.15) is 5.75 Å². The lowest BCUT2D eigenvalue weighted by Gasteiger charge is -2.32. The lowest BCUT2D eigenvalue weighted by molar-refractivity contribution is -0.135. The van der Waals surface area contributed by atoms with Crippen LogP contribution in [0.1, 0.15) is 57.6 Å². The van der Waals surface area contributed by atoms with Crippen molar-refractivity contribution in [2.75, 3.05) is 5.75 Å². The Labute approximate surface area is 174 Å². The van der Waals surface area contributed by atoms with Gasteiger partial charge in [-0.2, -0.15) is 8.42 Å². The number of hydrogen-bond acceptors (Lipinski definition) is 4. The predicted octanol–water partition coefficient (Wildman–Crippen LogP) is 4.74. The number of nitrogens with zero attached hydrogens (tertiary/aromatic N) is 1. The summed E-state index contributed by atoms with van der Waals surface area (Å²) in [5, 5.41) is 0. The Morgan fingerprint density at radius 1 is 1.00 bits per heavy atom. The molecular weight excluding hydrogens is 386 g/mol. The van der Waals surface area contributed by atoms with Crippen LogP contribution in [0.5, 0.6) is 5.75 Å². The highest BCUT2D eigenvalue weighted by atomic mass is 32.2. The second-order valence-corrected chi connectivity index (χ2v) is 9.03. The van der Waals surface area contributed by atoms with Gasteiger partial charge in [0.25, 0.3) is 0 Å². The number of amides is 1. The van der Waals surface area contributed by atoms with E-state index in [9.17, 15) is 13.2 Å². The topological polar surface area (TPSA) is 63.7 Å². The Balaban J connectivity index is 2.28. The van der Waals surface area contributed by atoms with E-state index in [1.165, 1.54) is 6.92 Å². The summed E-state index contributed by atoms with van der Waals surface area (Å²) in [5.41, 5.74) is 1.85. The van der Waals surface area contributed by atoms with Crippen LogP contribution in [0.3, 0.4) is 0 Å². The highest BCUT2D eigenvalue weighted by Crippen LogP contribution is 2.26. The first-order valence-electron chi connectivity index (χ1n) is 10.2. The first-order chi connectivity index (χ1) is 13.8. The predicted molar refractivity (Wildman–Crippen MR) is 116 cm³/mol. The number of carbonyl (C=O) groups is 1. The Morgan fingerprint density at radius 2 is 1.69 bits per heavy atom. The monoisotopic (exact) mass is 417 g/mol. The Hall–Kier alpha value is -2.34. The molecule has 29 heavy (non-hydrogen) atoms. The molecule has 0 unspecified atom stereocenters. The van der Waals surface area contributed by atoms with Crippen LogP contribution >= 0.6 is 0 Å². The van der Waals surface area contributed by atoms with E-state index in [-0.39, 0.29) is 29.4 Å². The summed E-state index contributed by atoms with van der Waals surface area (Å²) in [5.74, 6) is 0.0610. The van der Waals surface area contributed by atoms with Gasteiger partial charge in [-0.25, -0.2) is 0 Å². The molecule has 0 saturated heterocycles. The minimum absolute atomic E-state index is 0.0595. The number of benzene rings is 2. The molecule has 1 amide bonds. The lowest BCUT2D eigenvalue weighted by Crippen LogP contribution is -2.40. The first-order valence-corrected chi connectivity index (χ1v) is 11.8. The van der Waals surface area contributed by atoms with E-state index < -0.39 is 10.1 Å². The van der Waals surface area contributed by atoms with Crippen LogP contribution in [0, 0.1) is 0 Å². The van der Waals surface area contributed by atoms with E-state index in [0.29, 0.717) is 13.0 Å². The first kappa shape index (κ1) is 22.9. The van der Waals surface area contributed by atoms with Crippen molar-refractivity contribution in [3.63, 3.8) is 0 Å². The van der Waals surface area contributed by atoms with Crippen molar-refractivity contribution < 1.29 is 17.4 Å². The largest absolute Gasteiger partial charge is 0.382 e. The number of carbonyl (C=O) groups excluding carboxylic acids is 1. The molecule has 2 rings (SSSR count). The normalized spacial score (nSPS) is 13.5. The quantitative estimate of drug-likeness (QED) is 0.524. The Kier molecular flexibility index (Phi) is 8.26. The molecule has 158 valence electrons. The van der Waals surface area contributed by atoms with Crippen molar-refractivity contribution >= 4 is 16.0 Å². The molecule has 0 aliphatic carbocycles. The van der Waals surface area contributed by atoms with E-state index in [1.807, 2.05) is 55.1 Å². The van der Waals surface area contributed by atoms with Gasteiger partial charge < -0.3 is 9.08 Å². The van der Waals surface area contributed by atoms with E-state index in [4.69, 9.17) is 4.18 Å². The molecule has 2 atom stereocenters. The molecule has 0 saturated carbocycles. The molecule has 0 aliphatic rings. The molecule has 0 spiro atoms. The molecule has 6 heteroatoms. The summed E-state index contributed by atoms with van der Waals surface area (Å²) in [6.45, 7) is 8.06. The summed E-state index contributed by atoms with van der Waals surface area (Å²) in [4.78, 5) is 15.3. The standard InChI is InChI=1S/C23H31NO4S/c1-5-18(4)24(23(25)22(6-2)20-13-9-8-10-14-20)17-19-12-11-15-21(16-19)28-29(26,27)7-3/h8-16,18,22H,5-7,17H2,1-4H3/t18-,22+/m0/s1. The zero-order valence-corrected chi connectivity index (χ0v) is 18.5. The molecule has 0 aromatic heterocycles. The summed E-state index contributed by atoms with van der Waals surface area (Å²) in [7, 11) is -3.59. The van der Waals surface area contributed by atoms with Gasteiger partial charge in [0.2, 0.25) is 5.91 Å². The van der Waals surface area contributed by atoms with Crippen LogP contribution in [-0.2, 0) is 21.5 Å². The maximum Gasteiger partial charge on any atom is 0.308 e. The molecule has 0 aliphatic heterocycles. The molecule has 5 nitrogen and oxygen atoms in total. The third kappa shape index (κ3) is 6.32. The van der Waals surface area contributed by atoms with Crippen molar-refractivity contribution in [3.05, 3.63) is 65.7 Å². The molecule has 0 N–H and O–H groups in total. The fraction of sp³-hybridized carbons (Fsp3) is 0.435. The summed E-state index contributed by atoms with van der Waals surface area (Å²) < 4.78 is 28.7. The van der Waals surface area contributed by atoms with Crippen LogP contribution in [0.2, 0.25) is 0 Å². The van der Waals surface area contributed by atoms with Gasteiger partial charge in [0.05, 0.1) is 11.7 Å². The average Bonchev–Trinajstić information content (AvgIpc) is 2.72. The van der Waals surface area contributed by atoms with Crippen molar-refractivity contribution in [2.45, 2.75) is 59.0 Å². The third-order valence-corrected chi connectivity index (χ3v) is 6.30. The van der Waals surface area contributed by atoms with Gasteiger partial charge in [0.15, 0.2) is 0 Å². The fourth-order valence-corrected chi connectivity index (χ4v) is 3.72. The van der Waals surface area contributed by atoms with Gasteiger partial charge in [0, 0.05) is 12.6 Å². The molecule has 0 fully saturated rings. The maximum atomic E-state index is 13.4. The number of rotatable bonds is 10. The third-order valence-electron chi connectivity index (χ3n) is 5.14. The SMILES string of the molecule is CC[C@@H](C(=O)N(Cc1cccc(OS(=O)(=O)CC)c1)[C@@H](C)CC)c1ccccc1. The van der Waals surface area contributed by atoms with Crippen LogP contribution in [0.4, 0.5) is 0 Å². The average molecular weight is 418 g/mol. The zero-order chi connectivity index (χ0) is 21.4. The van der Waals surface area contributed by atoms with Gasteiger partial charge in [-0.15, -0.1) is 0 Å². The summed E-state index contributed by atoms with van der Waals surface area (Å²) >= 11 is 0. The van der Waals surface area contributed by atoms with Crippen molar-refractivity contribution in [2.24, 2.45) is 0 Å². The van der Waals surface area contributed by atoms with Gasteiger partial charge in [-0.05, 0) is 49.9 Å². The lowest BCUT2D eigenvalue weighted by atomic mass is 9.94. The molecule has 0 radical (unpaired) electrons. The maximum absolute atomic E-state index is 13.4. The van der Waals surface area contributed by atoms with Crippen LogP contribution in [0.15, 0.2) is 54.6 Å². The van der Waals surface area contributed by atoms with Crippen molar-refractivity contribution in [3.8, 4) is 5.75 Å². The van der Waals surface area contributed by atoms with E-state index in [2.05, 4.69) is 6.92 Å². The summed E-state index contributed by atoms with van der Waals surface area (Å²) in [6, 6.07) is 16.8. The fourth-order valence-electron chi connectivity index (χ4n) is 3.21. The van der Waals surface area contributed by atoms with Gasteiger partial charge in [-0.3, -0.25) is 4.79 Å². The van der Waals surface area contributed by atoms with Crippen molar-refractivity contribution in [1.82, 2.24) is 4.90 Å². The molecule has 0 bridgehead atoms. The van der Waals surface area contributed by atoms with Gasteiger partial charge >= 0.3 is 10.1 Å². The van der Waals surface area contributed by atoms with Crippen LogP contribution in [-0.4, -0.2) is 31.0 Å². The molecular formula is C23H31NO4S. The zero-order valence-electron chi connectivity index (χ0n) is 17.7. The van der Waals surface area contributed by atoms with Crippen LogP contribution in [0.25, 0.3) is 0 Å². The smallest absolute Gasteiger partial charge is 0.308 e. The second-order valence-electron chi connectivity index (χ2n) is 7.17. The Bertz CT molecular complexity index is 896. The van der Waals surface area contributed by atoms with E-state index in [0.717, 1.165) is 17.5 Å². The van der Waals surface area contributed by atoms with E-state index >= 15 is 0 Å². The number of hydrogen-bond donors (Lipinski definition) is 0. The highest BCUT2D eigenvalue weighted by molar-refractivity contribution is 7.87. The minimum atomic E-state index is -3.59.